The molecule has 3 atom stereocenters. The van der Waals surface area contributed by atoms with Gasteiger partial charge in [0.05, 0.1) is 0 Å². The van der Waals surface area contributed by atoms with E-state index in [9.17, 15) is 14.4 Å². The summed E-state index contributed by atoms with van der Waals surface area (Å²) < 4.78 is 0. The van der Waals surface area contributed by atoms with Crippen molar-refractivity contribution in [2.24, 2.45) is 0 Å². The van der Waals surface area contributed by atoms with E-state index in [1.807, 2.05) is 0 Å². The highest BCUT2D eigenvalue weighted by atomic mass is 16.2. The normalized spacial score (nSPS) is 21.5. The van der Waals surface area contributed by atoms with Crippen LogP contribution in [0.4, 0.5) is 0 Å². The van der Waals surface area contributed by atoms with Crippen LogP contribution in [0.2, 0.25) is 0 Å². The molecule has 0 aromatic carbocycles. The fourth-order valence-electron chi connectivity index (χ4n) is 4.13. The summed E-state index contributed by atoms with van der Waals surface area (Å²) in [6, 6.07) is -1.78. The van der Waals surface area contributed by atoms with Crippen molar-refractivity contribution in [1.82, 2.24) is 26.6 Å². The molecule has 0 aromatic heterocycles. The molecule has 1 aliphatic heterocycles. The van der Waals surface area contributed by atoms with Gasteiger partial charge in [0, 0.05) is 0 Å². The Bertz CT molecular complexity index is 482. The van der Waals surface area contributed by atoms with Gasteiger partial charge in [0.15, 0.2) is 0 Å². The van der Waals surface area contributed by atoms with Gasteiger partial charge in [0.25, 0.3) is 0 Å². The average molecular weight is 468 g/mol. The van der Waals surface area contributed by atoms with Crippen LogP contribution >= 0.6 is 0 Å². The summed E-state index contributed by atoms with van der Waals surface area (Å²) >= 11 is 0. The highest BCUT2D eigenvalue weighted by Gasteiger charge is 2.33. The van der Waals surface area contributed by atoms with Gasteiger partial charge in [-0.1, -0.05) is 52.9 Å². The van der Waals surface area contributed by atoms with Crippen LogP contribution in [-0.2, 0) is 14.4 Å². The zero-order valence-electron chi connectivity index (χ0n) is 21.3. The Kier molecular flexibility index (Phi) is 16.7. The first-order valence-corrected chi connectivity index (χ1v) is 13.4. The van der Waals surface area contributed by atoms with E-state index in [2.05, 4.69) is 47.4 Å². The number of amides is 3. The monoisotopic (exact) mass is 467 g/mol. The third kappa shape index (κ3) is 13.0. The number of carbonyl (C=O) groups is 3. The molecule has 1 rings (SSSR count). The maximum absolute atomic E-state index is 13.0. The van der Waals surface area contributed by atoms with E-state index in [-0.39, 0.29) is 17.7 Å². The Hall–Kier alpha value is -1.67. The van der Waals surface area contributed by atoms with Gasteiger partial charge < -0.3 is 26.6 Å². The Morgan fingerprint density at radius 2 is 0.909 bits per heavy atom. The van der Waals surface area contributed by atoms with Gasteiger partial charge in [-0.15, -0.1) is 0 Å². The van der Waals surface area contributed by atoms with Crippen LogP contribution in [0.5, 0.6) is 0 Å². The smallest absolute Gasteiger partial charge is 0.243 e. The van der Waals surface area contributed by atoms with Crippen LogP contribution < -0.4 is 26.6 Å². The molecule has 0 aliphatic carbocycles. The van der Waals surface area contributed by atoms with Crippen molar-refractivity contribution in [3.05, 3.63) is 0 Å². The van der Waals surface area contributed by atoms with Crippen LogP contribution in [0.3, 0.4) is 0 Å². The Labute approximate surface area is 201 Å². The molecule has 8 heteroatoms. The molecule has 1 aliphatic rings. The van der Waals surface area contributed by atoms with E-state index >= 15 is 0 Å². The lowest BCUT2D eigenvalue weighted by atomic mass is 10.0. The standard InChI is InChI=1S/C25H49N5O3/c1-4-7-8-9-10-15-20-23(31)29-22(17-12-14-19-27-6-3)25(33)30-21(24(32)28-20)16-11-13-18-26-5-2/h20-22,26-27H,4-19H2,1-3H3,(H,28,32)(H,29,31)(H,30,33). The number of nitrogens with one attached hydrogen (secondary N) is 5. The topological polar surface area (TPSA) is 111 Å². The zero-order chi connectivity index (χ0) is 24.3. The predicted octanol–water partition coefficient (Wildman–Crippen LogP) is 2.37. The van der Waals surface area contributed by atoms with Gasteiger partial charge in [0.1, 0.15) is 18.1 Å². The largest absolute Gasteiger partial charge is 0.343 e. The third-order valence-electron chi connectivity index (χ3n) is 6.19. The molecule has 0 spiro atoms. The Morgan fingerprint density at radius 1 is 0.545 bits per heavy atom. The molecule has 0 radical (unpaired) electrons. The first kappa shape index (κ1) is 29.4. The van der Waals surface area contributed by atoms with Crippen LogP contribution in [-0.4, -0.2) is 62.0 Å². The van der Waals surface area contributed by atoms with Crippen LogP contribution in [0.25, 0.3) is 0 Å². The number of rotatable bonds is 18. The molecule has 1 heterocycles. The zero-order valence-corrected chi connectivity index (χ0v) is 21.3. The van der Waals surface area contributed by atoms with E-state index in [0.29, 0.717) is 19.3 Å². The van der Waals surface area contributed by atoms with Crippen molar-refractivity contribution in [3.63, 3.8) is 0 Å². The number of unbranched alkanes of at least 4 members (excludes halogenated alkanes) is 6. The second kappa shape index (κ2) is 18.7. The van der Waals surface area contributed by atoms with Gasteiger partial charge in [-0.3, -0.25) is 14.4 Å². The SMILES string of the molecule is CCCCCCCC1NC(=O)C(CCCCNCC)NC(=O)C(CCCCNCC)NC1=O. The van der Waals surface area contributed by atoms with E-state index in [0.717, 1.165) is 71.1 Å². The average Bonchev–Trinajstić information content (AvgIpc) is 2.84. The molecule has 0 bridgehead atoms. The summed E-state index contributed by atoms with van der Waals surface area (Å²) in [5.74, 6) is -0.728. The van der Waals surface area contributed by atoms with Crippen LogP contribution in [0.15, 0.2) is 0 Å². The summed E-state index contributed by atoms with van der Waals surface area (Å²) in [5.41, 5.74) is 0. The molecule has 8 nitrogen and oxygen atoms in total. The minimum atomic E-state index is -0.598. The molecule has 33 heavy (non-hydrogen) atoms. The molecular weight excluding hydrogens is 418 g/mol. The van der Waals surface area contributed by atoms with Gasteiger partial charge in [-0.05, 0) is 71.1 Å². The fraction of sp³-hybridized carbons (Fsp3) is 0.880. The van der Waals surface area contributed by atoms with Crippen molar-refractivity contribution >= 4 is 17.7 Å². The van der Waals surface area contributed by atoms with Crippen molar-refractivity contribution in [2.45, 2.75) is 116 Å². The number of hydrogen-bond acceptors (Lipinski definition) is 5. The van der Waals surface area contributed by atoms with Crippen molar-refractivity contribution < 1.29 is 14.4 Å². The predicted molar refractivity (Wildman–Crippen MR) is 134 cm³/mol. The summed E-state index contributed by atoms with van der Waals surface area (Å²) in [6.45, 7) is 9.94. The minimum absolute atomic E-state index is 0.238. The first-order valence-electron chi connectivity index (χ1n) is 13.4. The molecular formula is C25H49N5O3. The molecule has 1 saturated heterocycles. The molecule has 0 saturated carbocycles. The van der Waals surface area contributed by atoms with E-state index < -0.39 is 18.1 Å². The second-order valence-electron chi connectivity index (χ2n) is 9.09. The minimum Gasteiger partial charge on any atom is -0.343 e. The highest BCUT2D eigenvalue weighted by Crippen LogP contribution is 2.12. The summed E-state index contributed by atoms with van der Waals surface area (Å²) in [7, 11) is 0. The molecule has 5 N–H and O–H groups in total. The molecule has 1 fully saturated rings. The van der Waals surface area contributed by atoms with Gasteiger partial charge in [-0.2, -0.15) is 0 Å². The van der Waals surface area contributed by atoms with Crippen LogP contribution in [0, 0.1) is 0 Å². The summed E-state index contributed by atoms with van der Waals surface area (Å²) in [5, 5.41) is 15.4. The Balaban J connectivity index is 2.78. The van der Waals surface area contributed by atoms with Gasteiger partial charge in [-0.25, -0.2) is 0 Å². The number of carbonyl (C=O) groups excluding carboxylic acids is 3. The third-order valence-corrected chi connectivity index (χ3v) is 6.19. The second-order valence-corrected chi connectivity index (χ2v) is 9.09. The maximum Gasteiger partial charge on any atom is 0.243 e. The summed E-state index contributed by atoms with van der Waals surface area (Å²) in [6.07, 6.45) is 10.7. The quantitative estimate of drug-likeness (QED) is 0.199. The molecule has 0 aromatic rings. The van der Waals surface area contributed by atoms with Crippen molar-refractivity contribution in [3.8, 4) is 0 Å². The van der Waals surface area contributed by atoms with Gasteiger partial charge in [0.2, 0.25) is 17.7 Å². The Morgan fingerprint density at radius 3 is 1.27 bits per heavy atom. The fourth-order valence-corrected chi connectivity index (χ4v) is 4.13. The van der Waals surface area contributed by atoms with E-state index in [4.69, 9.17) is 0 Å². The van der Waals surface area contributed by atoms with Crippen LogP contribution in [0.1, 0.15) is 97.8 Å². The van der Waals surface area contributed by atoms with Gasteiger partial charge >= 0.3 is 0 Å². The molecule has 3 amide bonds. The lowest BCUT2D eigenvalue weighted by molar-refractivity contribution is -0.130. The number of hydrogen-bond donors (Lipinski definition) is 5. The van der Waals surface area contributed by atoms with E-state index in [1.54, 1.807) is 0 Å². The molecule has 3 unspecified atom stereocenters. The maximum atomic E-state index is 13.0. The highest BCUT2D eigenvalue weighted by molar-refractivity contribution is 5.97. The lowest BCUT2D eigenvalue weighted by Crippen LogP contribution is -2.50. The van der Waals surface area contributed by atoms with Crippen molar-refractivity contribution in [2.75, 3.05) is 26.2 Å². The summed E-state index contributed by atoms with van der Waals surface area (Å²) in [4.78, 5) is 39.0. The van der Waals surface area contributed by atoms with E-state index in [1.165, 1.54) is 12.8 Å². The molecule has 192 valence electrons. The lowest BCUT2D eigenvalue weighted by Gasteiger charge is -2.20. The first-order chi connectivity index (χ1) is 16.0. The van der Waals surface area contributed by atoms with Crippen molar-refractivity contribution in [1.29, 1.82) is 0 Å².